The van der Waals surface area contributed by atoms with E-state index in [2.05, 4.69) is 22.4 Å². The molecule has 0 atom stereocenters. The molecule has 2 aromatic carbocycles. The molecule has 0 amide bonds. The quantitative estimate of drug-likeness (QED) is 0.799. The molecule has 0 fully saturated rings. The van der Waals surface area contributed by atoms with E-state index in [9.17, 15) is 0 Å². The average molecular weight is 308 g/mol. The Morgan fingerprint density at radius 2 is 1.87 bits per heavy atom. The largest absolute Gasteiger partial charge is 0.454 e. The number of ether oxygens (including phenoxy) is 2. The predicted octanol–water partition coefficient (Wildman–Crippen LogP) is 2.18. The molecule has 6 heteroatoms. The van der Waals surface area contributed by atoms with Gasteiger partial charge in [0.2, 0.25) is 6.79 Å². The number of nitrogens with zero attached hydrogens (tertiary/aromatic N) is 3. The van der Waals surface area contributed by atoms with Gasteiger partial charge >= 0.3 is 0 Å². The summed E-state index contributed by atoms with van der Waals surface area (Å²) in [6.45, 7) is 1.22. The third kappa shape index (κ3) is 2.53. The second kappa shape index (κ2) is 5.73. The lowest BCUT2D eigenvalue weighted by atomic mass is 10.1. The third-order valence-electron chi connectivity index (χ3n) is 3.82. The summed E-state index contributed by atoms with van der Waals surface area (Å²) in [5.41, 5.74) is 9.63. The van der Waals surface area contributed by atoms with E-state index in [-0.39, 0.29) is 6.79 Å². The van der Waals surface area contributed by atoms with E-state index in [4.69, 9.17) is 15.2 Å². The topological polar surface area (TPSA) is 75.2 Å². The van der Waals surface area contributed by atoms with Crippen molar-refractivity contribution < 1.29 is 9.47 Å². The van der Waals surface area contributed by atoms with Crippen LogP contribution in [0.2, 0.25) is 0 Å². The van der Waals surface area contributed by atoms with Crippen LogP contribution in [0.15, 0.2) is 48.5 Å². The van der Waals surface area contributed by atoms with Crippen molar-refractivity contribution in [1.29, 1.82) is 0 Å². The molecule has 0 aliphatic carbocycles. The zero-order valence-corrected chi connectivity index (χ0v) is 12.5. The third-order valence-corrected chi connectivity index (χ3v) is 3.82. The minimum Gasteiger partial charge on any atom is -0.454 e. The highest BCUT2D eigenvalue weighted by atomic mass is 16.7. The van der Waals surface area contributed by atoms with Crippen LogP contribution in [0, 0.1) is 0 Å². The van der Waals surface area contributed by atoms with Gasteiger partial charge in [-0.15, -0.1) is 5.10 Å². The van der Waals surface area contributed by atoms with Crippen LogP contribution in [-0.2, 0) is 13.1 Å². The van der Waals surface area contributed by atoms with E-state index in [1.165, 1.54) is 0 Å². The van der Waals surface area contributed by atoms with E-state index < -0.39 is 0 Å². The van der Waals surface area contributed by atoms with Crippen LogP contribution in [0.5, 0.6) is 11.5 Å². The summed E-state index contributed by atoms with van der Waals surface area (Å²) in [5.74, 6) is 1.49. The summed E-state index contributed by atoms with van der Waals surface area (Å²) in [6, 6.07) is 16.0. The first-order valence-electron chi connectivity index (χ1n) is 7.41. The molecule has 0 saturated heterocycles. The Balaban J connectivity index is 1.76. The molecule has 1 aliphatic heterocycles. The molecule has 0 unspecified atom stereocenters. The minimum absolute atomic E-state index is 0.254. The van der Waals surface area contributed by atoms with Gasteiger partial charge in [0.1, 0.15) is 5.69 Å². The van der Waals surface area contributed by atoms with Gasteiger partial charge in [-0.3, -0.25) is 0 Å². The standard InChI is InChI=1S/C17H16N4O2/c18-9-14-17(13-6-7-15-16(8-13)23-11-22-15)21(20-19-14)10-12-4-2-1-3-5-12/h1-8H,9-11,18H2. The van der Waals surface area contributed by atoms with Crippen LogP contribution in [0.1, 0.15) is 11.3 Å². The van der Waals surface area contributed by atoms with E-state index >= 15 is 0 Å². The summed E-state index contributed by atoms with van der Waals surface area (Å²) in [7, 11) is 0. The van der Waals surface area contributed by atoms with Gasteiger partial charge in [-0.25, -0.2) is 4.68 Å². The lowest BCUT2D eigenvalue weighted by Gasteiger charge is -2.09. The van der Waals surface area contributed by atoms with E-state index in [1.54, 1.807) is 0 Å². The van der Waals surface area contributed by atoms with Crippen molar-refractivity contribution in [3.05, 3.63) is 59.8 Å². The van der Waals surface area contributed by atoms with Crippen LogP contribution in [0.3, 0.4) is 0 Å². The van der Waals surface area contributed by atoms with Crippen molar-refractivity contribution in [3.8, 4) is 22.8 Å². The van der Waals surface area contributed by atoms with Crippen LogP contribution in [0.4, 0.5) is 0 Å². The van der Waals surface area contributed by atoms with Crippen LogP contribution in [-0.4, -0.2) is 21.8 Å². The molecule has 0 saturated carbocycles. The molecule has 1 aromatic heterocycles. The van der Waals surface area contributed by atoms with E-state index in [1.807, 2.05) is 41.1 Å². The second-order valence-electron chi connectivity index (χ2n) is 5.30. The van der Waals surface area contributed by atoms with Crippen LogP contribution < -0.4 is 15.2 Å². The summed E-state index contributed by atoms with van der Waals surface area (Å²) < 4.78 is 12.7. The Labute approximate surface area is 133 Å². The number of rotatable bonds is 4. The number of fused-ring (bicyclic) bond motifs is 1. The summed E-state index contributed by atoms with van der Waals surface area (Å²) in [6.07, 6.45) is 0. The van der Waals surface area contributed by atoms with Crippen molar-refractivity contribution in [2.24, 2.45) is 5.73 Å². The van der Waals surface area contributed by atoms with Gasteiger partial charge < -0.3 is 15.2 Å². The number of hydrogen-bond acceptors (Lipinski definition) is 5. The van der Waals surface area contributed by atoms with E-state index in [0.717, 1.165) is 34.0 Å². The maximum atomic E-state index is 5.84. The highest BCUT2D eigenvalue weighted by Gasteiger charge is 2.19. The second-order valence-corrected chi connectivity index (χ2v) is 5.30. The number of benzene rings is 2. The molecule has 116 valence electrons. The van der Waals surface area contributed by atoms with Crippen molar-refractivity contribution in [1.82, 2.24) is 15.0 Å². The number of aromatic nitrogens is 3. The van der Waals surface area contributed by atoms with Gasteiger partial charge in [0.15, 0.2) is 11.5 Å². The lowest BCUT2D eigenvalue weighted by Crippen LogP contribution is -2.05. The monoisotopic (exact) mass is 308 g/mol. The summed E-state index contributed by atoms with van der Waals surface area (Å²) in [4.78, 5) is 0. The molecule has 0 spiro atoms. The zero-order chi connectivity index (χ0) is 15.6. The molecule has 2 heterocycles. The van der Waals surface area contributed by atoms with Gasteiger partial charge in [0, 0.05) is 12.1 Å². The van der Waals surface area contributed by atoms with Crippen molar-refractivity contribution >= 4 is 0 Å². The number of hydrogen-bond donors (Lipinski definition) is 1. The maximum absolute atomic E-state index is 5.84. The fourth-order valence-corrected chi connectivity index (χ4v) is 2.71. The molecule has 6 nitrogen and oxygen atoms in total. The first-order valence-corrected chi connectivity index (χ1v) is 7.41. The molecule has 0 bridgehead atoms. The fourth-order valence-electron chi connectivity index (χ4n) is 2.71. The Morgan fingerprint density at radius 1 is 1.04 bits per heavy atom. The van der Waals surface area contributed by atoms with Gasteiger partial charge in [-0.2, -0.15) is 0 Å². The average Bonchev–Trinajstić information content (AvgIpc) is 3.21. The van der Waals surface area contributed by atoms with Crippen LogP contribution in [0.25, 0.3) is 11.3 Å². The molecule has 4 rings (SSSR count). The predicted molar refractivity (Wildman–Crippen MR) is 85.0 cm³/mol. The zero-order valence-electron chi connectivity index (χ0n) is 12.5. The van der Waals surface area contributed by atoms with Gasteiger partial charge in [0.05, 0.1) is 12.2 Å². The molecule has 23 heavy (non-hydrogen) atoms. The molecule has 0 radical (unpaired) electrons. The summed E-state index contributed by atoms with van der Waals surface area (Å²) in [5, 5.41) is 8.48. The van der Waals surface area contributed by atoms with Crippen molar-refractivity contribution in [2.75, 3.05) is 6.79 Å². The van der Waals surface area contributed by atoms with Crippen LogP contribution >= 0.6 is 0 Å². The minimum atomic E-state index is 0.254. The van der Waals surface area contributed by atoms with Gasteiger partial charge in [0.25, 0.3) is 0 Å². The highest BCUT2D eigenvalue weighted by molar-refractivity contribution is 5.66. The molecule has 1 aliphatic rings. The molecule has 3 aromatic rings. The first-order chi connectivity index (χ1) is 11.3. The Hall–Kier alpha value is -2.86. The Kier molecular flexibility index (Phi) is 3.44. The maximum Gasteiger partial charge on any atom is 0.231 e. The molecular weight excluding hydrogens is 292 g/mol. The SMILES string of the molecule is NCc1nnn(Cc2ccccc2)c1-c1ccc2c(c1)OCO2. The number of nitrogens with two attached hydrogens (primary N) is 1. The summed E-state index contributed by atoms with van der Waals surface area (Å²) >= 11 is 0. The smallest absolute Gasteiger partial charge is 0.231 e. The Morgan fingerprint density at radius 3 is 2.70 bits per heavy atom. The molecular formula is C17H16N4O2. The first kappa shape index (κ1) is 13.8. The lowest BCUT2D eigenvalue weighted by molar-refractivity contribution is 0.174. The normalized spacial score (nSPS) is 12.6. The van der Waals surface area contributed by atoms with Gasteiger partial charge in [-0.1, -0.05) is 35.5 Å². The van der Waals surface area contributed by atoms with Crippen molar-refractivity contribution in [3.63, 3.8) is 0 Å². The highest BCUT2D eigenvalue weighted by Crippen LogP contribution is 2.36. The molecule has 2 N–H and O–H groups in total. The Bertz CT molecular complexity index is 830. The fraction of sp³-hybridized carbons (Fsp3) is 0.176. The van der Waals surface area contributed by atoms with Gasteiger partial charge in [-0.05, 0) is 23.8 Å². The van der Waals surface area contributed by atoms with E-state index in [0.29, 0.717) is 13.1 Å². The van der Waals surface area contributed by atoms with Crippen molar-refractivity contribution in [2.45, 2.75) is 13.1 Å².